The lowest BCUT2D eigenvalue weighted by Crippen LogP contribution is -2.15. The van der Waals surface area contributed by atoms with Gasteiger partial charge in [0.25, 0.3) is 5.91 Å². The highest BCUT2D eigenvalue weighted by atomic mass is 16.5. The van der Waals surface area contributed by atoms with Crippen LogP contribution >= 0.6 is 0 Å². The summed E-state index contributed by atoms with van der Waals surface area (Å²) in [5, 5.41) is 25.2. The molecule has 4 aromatic rings. The Labute approximate surface area is 164 Å². The van der Waals surface area contributed by atoms with Crippen LogP contribution in [-0.4, -0.2) is 22.1 Å². The molecule has 0 aliphatic heterocycles. The third kappa shape index (κ3) is 3.42. The Kier molecular flexibility index (Phi) is 4.51. The predicted molar refractivity (Wildman–Crippen MR) is 106 cm³/mol. The van der Waals surface area contributed by atoms with Crippen molar-refractivity contribution in [3.63, 3.8) is 0 Å². The number of carbonyl (C=O) groups excluding carboxylic acids is 1. The van der Waals surface area contributed by atoms with Crippen molar-refractivity contribution in [2.24, 2.45) is 0 Å². The maximum atomic E-state index is 12.7. The molecule has 0 radical (unpaired) electrons. The Balaban J connectivity index is 1.67. The number of carboxylic acid groups (broad SMARTS) is 1. The van der Waals surface area contributed by atoms with Gasteiger partial charge in [0, 0.05) is 0 Å². The van der Waals surface area contributed by atoms with Gasteiger partial charge in [0.05, 0.1) is 28.3 Å². The summed E-state index contributed by atoms with van der Waals surface area (Å²) in [4.78, 5) is 24.1. The van der Waals surface area contributed by atoms with Crippen LogP contribution < -0.4 is 5.32 Å². The quantitative estimate of drug-likeness (QED) is 0.542. The molecule has 7 nitrogen and oxygen atoms in total. The molecule has 140 valence electrons. The number of nitriles is 1. The van der Waals surface area contributed by atoms with E-state index in [4.69, 9.17) is 9.78 Å². The van der Waals surface area contributed by atoms with E-state index in [-0.39, 0.29) is 22.5 Å². The zero-order valence-electron chi connectivity index (χ0n) is 14.9. The fourth-order valence-corrected chi connectivity index (χ4v) is 2.99. The molecule has 0 fully saturated rings. The lowest BCUT2D eigenvalue weighted by atomic mass is 10.0. The van der Waals surface area contributed by atoms with E-state index < -0.39 is 11.9 Å². The minimum Gasteiger partial charge on any atom is -0.478 e. The van der Waals surface area contributed by atoms with Crippen molar-refractivity contribution >= 4 is 28.5 Å². The number of nitrogens with zero attached hydrogens (tertiary/aromatic N) is 2. The largest absolute Gasteiger partial charge is 0.478 e. The summed E-state index contributed by atoms with van der Waals surface area (Å²) in [5.41, 5.74) is 2.47. The van der Waals surface area contributed by atoms with Crippen LogP contribution in [0.1, 0.15) is 26.4 Å². The SMILES string of the molecule is N#Cc1ccc(NC(=O)c2noc3cc(-c4ccccc4)ccc23)c(C(=O)O)c1. The zero-order chi connectivity index (χ0) is 20.4. The number of carbonyl (C=O) groups is 2. The standard InChI is InChI=1S/C22H13N3O4/c23-12-13-6-9-18(17(10-13)22(27)28)24-21(26)20-16-8-7-15(11-19(16)29-25-20)14-4-2-1-3-5-14/h1-11H,(H,24,26)(H,27,28). The Bertz CT molecular complexity index is 1290. The number of benzene rings is 3. The first-order valence-electron chi connectivity index (χ1n) is 8.60. The molecule has 0 bridgehead atoms. The van der Waals surface area contributed by atoms with Gasteiger partial charge in [0.1, 0.15) is 0 Å². The molecule has 1 aromatic heterocycles. The molecule has 0 saturated heterocycles. The number of fused-ring (bicyclic) bond motifs is 1. The maximum Gasteiger partial charge on any atom is 0.337 e. The summed E-state index contributed by atoms with van der Waals surface area (Å²) in [6.07, 6.45) is 0. The normalized spacial score (nSPS) is 10.4. The number of hydrogen-bond acceptors (Lipinski definition) is 5. The molecule has 0 aliphatic carbocycles. The van der Waals surface area contributed by atoms with Gasteiger partial charge in [-0.2, -0.15) is 5.26 Å². The van der Waals surface area contributed by atoms with Crippen molar-refractivity contribution in [1.29, 1.82) is 5.26 Å². The van der Waals surface area contributed by atoms with Gasteiger partial charge in [-0.05, 0) is 41.5 Å². The highest BCUT2D eigenvalue weighted by Crippen LogP contribution is 2.27. The third-order valence-corrected chi connectivity index (χ3v) is 4.42. The Hall–Kier alpha value is -4.44. The molecule has 0 saturated carbocycles. The number of amides is 1. The van der Waals surface area contributed by atoms with Crippen LogP contribution in [0.4, 0.5) is 5.69 Å². The topological polar surface area (TPSA) is 116 Å². The van der Waals surface area contributed by atoms with Crippen LogP contribution in [-0.2, 0) is 0 Å². The highest BCUT2D eigenvalue weighted by molar-refractivity contribution is 6.12. The van der Waals surface area contributed by atoms with Gasteiger partial charge in [-0.15, -0.1) is 0 Å². The average Bonchev–Trinajstić information content (AvgIpc) is 3.18. The third-order valence-electron chi connectivity index (χ3n) is 4.42. The number of anilines is 1. The van der Waals surface area contributed by atoms with Crippen LogP contribution in [0.25, 0.3) is 22.1 Å². The van der Waals surface area contributed by atoms with Crippen LogP contribution in [0.5, 0.6) is 0 Å². The molecule has 0 unspecified atom stereocenters. The smallest absolute Gasteiger partial charge is 0.337 e. The second-order valence-electron chi connectivity index (χ2n) is 6.24. The fraction of sp³-hybridized carbons (Fsp3) is 0. The first-order chi connectivity index (χ1) is 14.1. The number of nitrogens with one attached hydrogen (secondary N) is 1. The minimum absolute atomic E-state index is 0.0420. The van der Waals surface area contributed by atoms with E-state index in [1.54, 1.807) is 12.1 Å². The first-order valence-corrected chi connectivity index (χ1v) is 8.60. The van der Waals surface area contributed by atoms with Crippen LogP contribution in [0.15, 0.2) is 71.3 Å². The van der Waals surface area contributed by atoms with Crippen molar-refractivity contribution in [3.05, 3.63) is 83.6 Å². The lowest BCUT2D eigenvalue weighted by Gasteiger charge is -2.07. The van der Waals surface area contributed by atoms with Crippen LogP contribution in [0, 0.1) is 11.3 Å². The zero-order valence-corrected chi connectivity index (χ0v) is 14.9. The molecule has 1 amide bonds. The van der Waals surface area contributed by atoms with E-state index in [1.807, 2.05) is 42.5 Å². The molecular formula is C22H13N3O4. The fourth-order valence-electron chi connectivity index (χ4n) is 2.99. The molecule has 0 spiro atoms. The Morgan fingerprint density at radius 3 is 2.52 bits per heavy atom. The lowest BCUT2D eigenvalue weighted by molar-refractivity contribution is 0.0698. The number of carboxylic acids is 1. The van der Waals surface area contributed by atoms with Crippen LogP contribution in [0.2, 0.25) is 0 Å². The van der Waals surface area contributed by atoms with E-state index in [9.17, 15) is 14.7 Å². The van der Waals surface area contributed by atoms with Gasteiger partial charge in [-0.3, -0.25) is 4.79 Å². The van der Waals surface area contributed by atoms with Gasteiger partial charge in [0.2, 0.25) is 0 Å². The van der Waals surface area contributed by atoms with E-state index in [0.717, 1.165) is 11.1 Å². The number of aromatic nitrogens is 1. The van der Waals surface area contributed by atoms with Crippen molar-refractivity contribution in [2.75, 3.05) is 5.32 Å². The second-order valence-corrected chi connectivity index (χ2v) is 6.24. The molecule has 2 N–H and O–H groups in total. The molecule has 0 aliphatic rings. The molecule has 3 aromatic carbocycles. The first kappa shape index (κ1) is 17.9. The minimum atomic E-state index is -1.25. The summed E-state index contributed by atoms with van der Waals surface area (Å²) in [6.45, 7) is 0. The second kappa shape index (κ2) is 7.29. The summed E-state index contributed by atoms with van der Waals surface area (Å²) >= 11 is 0. The van der Waals surface area contributed by atoms with Crippen LogP contribution in [0.3, 0.4) is 0 Å². The van der Waals surface area contributed by atoms with Crippen molar-refractivity contribution < 1.29 is 19.2 Å². The molecule has 0 atom stereocenters. The van der Waals surface area contributed by atoms with Gasteiger partial charge in [-0.1, -0.05) is 41.6 Å². The van der Waals surface area contributed by atoms with E-state index in [2.05, 4.69) is 10.5 Å². The van der Waals surface area contributed by atoms with E-state index in [0.29, 0.717) is 11.0 Å². The maximum absolute atomic E-state index is 12.7. The van der Waals surface area contributed by atoms with Gasteiger partial charge >= 0.3 is 5.97 Å². The number of hydrogen-bond donors (Lipinski definition) is 2. The summed E-state index contributed by atoms with van der Waals surface area (Å²) in [6, 6.07) is 21.0. The molecular weight excluding hydrogens is 370 g/mol. The van der Waals surface area contributed by atoms with Gasteiger partial charge < -0.3 is 14.9 Å². The Morgan fingerprint density at radius 2 is 1.79 bits per heavy atom. The van der Waals surface area contributed by atoms with Gasteiger partial charge in [0.15, 0.2) is 11.3 Å². The monoisotopic (exact) mass is 383 g/mol. The molecule has 4 rings (SSSR count). The highest BCUT2D eigenvalue weighted by Gasteiger charge is 2.20. The number of aromatic carboxylic acids is 1. The van der Waals surface area contributed by atoms with E-state index >= 15 is 0 Å². The molecule has 7 heteroatoms. The molecule has 1 heterocycles. The van der Waals surface area contributed by atoms with E-state index in [1.165, 1.54) is 18.2 Å². The van der Waals surface area contributed by atoms with Crippen molar-refractivity contribution in [3.8, 4) is 17.2 Å². The Morgan fingerprint density at radius 1 is 1.00 bits per heavy atom. The summed E-state index contributed by atoms with van der Waals surface area (Å²) < 4.78 is 5.31. The predicted octanol–water partition coefficient (Wildman–Crippen LogP) is 4.32. The average molecular weight is 383 g/mol. The number of rotatable bonds is 4. The van der Waals surface area contributed by atoms with Crippen molar-refractivity contribution in [2.45, 2.75) is 0 Å². The summed E-state index contributed by atoms with van der Waals surface area (Å²) in [7, 11) is 0. The van der Waals surface area contributed by atoms with Crippen molar-refractivity contribution in [1.82, 2.24) is 5.16 Å². The molecule has 29 heavy (non-hydrogen) atoms. The van der Waals surface area contributed by atoms with Gasteiger partial charge in [-0.25, -0.2) is 4.79 Å². The summed E-state index contributed by atoms with van der Waals surface area (Å²) in [5.74, 6) is -1.86.